The average Bonchev–Trinajstić information content (AvgIpc) is 3.30. The molecule has 36 heavy (non-hydrogen) atoms. The van der Waals surface area contributed by atoms with Crippen LogP contribution in [0, 0.1) is 0 Å². The molecule has 1 amide bonds. The van der Waals surface area contributed by atoms with Gasteiger partial charge < -0.3 is 19.9 Å². The molecule has 3 heterocycles. The first-order valence-electron chi connectivity index (χ1n) is 12.2. The highest BCUT2D eigenvalue weighted by molar-refractivity contribution is 6.30. The summed E-state index contributed by atoms with van der Waals surface area (Å²) in [6, 6.07) is 20.2. The van der Waals surface area contributed by atoms with E-state index in [-0.39, 0.29) is 5.91 Å². The fraction of sp³-hybridized carbons (Fsp3) is 0.286. The van der Waals surface area contributed by atoms with Gasteiger partial charge in [0.1, 0.15) is 17.1 Å². The lowest BCUT2D eigenvalue weighted by Gasteiger charge is -2.37. The van der Waals surface area contributed by atoms with E-state index >= 15 is 0 Å². The zero-order valence-corrected chi connectivity index (χ0v) is 21.3. The van der Waals surface area contributed by atoms with Crippen LogP contribution >= 0.6 is 11.6 Å². The SMILES string of the molecule is CCc1nc2ccc(OC)cn2c1C(=O)NCc1ccc(N2CCN(c3ccc(Cl)cc3)CC2)cc1. The summed E-state index contributed by atoms with van der Waals surface area (Å²) in [6.07, 6.45) is 2.48. The molecule has 0 saturated carbocycles. The zero-order valence-electron chi connectivity index (χ0n) is 20.6. The number of amides is 1. The third-order valence-corrected chi connectivity index (χ3v) is 6.93. The minimum Gasteiger partial charge on any atom is -0.495 e. The molecule has 0 spiro atoms. The number of carbonyl (C=O) groups is 1. The van der Waals surface area contributed by atoms with Crippen LogP contribution < -0.4 is 19.9 Å². The monoisotopic (exact) mass is 503 g/mol. The van der Waals surface area contributed by atoms with Gasteiger partial charge >= 0.3 is 0 Å². The molecule has 4 aromatic rings. The van der Waals surface area contributed by atoms with Gasteiger partial charge in [0.25, 0.3) is 5.91 Å². The van der Waals surface area contributed by atoms with Crippen molar-refractivity contribution in [3.05, 3.63) is 88.8 Å². The van der Waals surface area contributed by atoms with Crippen LogP contribution in [0.4, 0.5) is 11.4 Å². The molecule has 5 rings (SSSR count). The molecule has 0 bridgehead atoms. The van der Waals surface area contributed by atoms with Crippen molar-refractivity contribution >= 4 is 34.5 Å². The molecule has 1 fully saturated rings. The lowest BCUT2D eigenvalue weighted by Crippen LogP contribution is -2.46. The van der Waals surface area contributed by atoms with E-state index in [1.54, 1.807) is 17.7 Å². The first kappa shape index (κ1) is 24.0. The highest BCUT2D eigenvalue weighted by Gasteiger charge is 2.20. The minimum atomic E-state index is -0.144. The summed E-state index contributed by atoms with van der Waals surface area (Å²) in [4.78, 5) is 22.5. The van der Waals surface area contributed by atoms with E-state index in [2.05, 4.69) is 56.5 Å². The lowest BCUT2D eigenvalue weighted by molar-refractivity contribution is 0.0944. The normalized spacial score (nSPS) is 13.8. The lowest BCUT2D eigenvalue weighted by atomic mass is 10.1. The van der Waals surface area contributed by atoms with Gasteiger partial charge in [-0.2, -0.15) is 0 Å². The fourth-order valence-electron chi connectivity index (χ4n) is 4.65. The van der Waals surface area contributed by atoms with Gasteiger partial charge in [0.2, 0.25) is 0 Å². The van der Waals surface area contributed by atoms with E-state index in [4.69, 9.17) is 16.3 Å². The Balaban J connectivity index is 1.20. The molecule has 0 atom stereocenters. The first-order valence-corrected chi connectivity index (χ1v) is 12.6. The van der Waals surface area contributed by atoms with Gasteiger partial charge in [-0.05, 0) is 60.5 Å². The Morgan fingerprint density at radius 2 is 1.56 bits per heavy atom. The van der Waals surface area contributed by atoms with E-state index in [9.17, 15) is 4.79 Å². The second-order valence-electron chi connectivity index (χ2n) is 8.86. The van der Waals surface area contributed by atoms with Crippen LogP contribution in [0.1, 0.15) is 28.7 Å². The number of aryl methyl sites for hydroxylation is 1. The molecule has 1 N–H and O–H groups in total. The fourth-order valence-corrected chi connectivity index (χ4v) is 4.77. The van der Waals surface area contributed by atoms with E-state index in [1.165, 1.54) is 11.4 Å². The number of rotatable bonds is 7. The Morgan fingerprint density at radius 3 is 2.14 bits per heavy atom. The van der Waals surface area contributed by atoms with E-state index in [0.717, 1.165) is 48.1 Å². The standard InChI is InChI=1S/C28H30ClN5O2/c1-3-25-27(34-19-24(36-2)12-13-26(34)31-25)28(35)30-18-20-4-8-22(9-5-20)32-14-16-33(17-15-32)23-10-6-21(29)7-11-23/h4-13,19H,3,14-18H2,1-2H3,(H,30,35). The van der Waals surface area contributed by atoms with Crippen molar-refractivity contribution in [2.24, 2.45) is 0 Å². The molecular formula is C28H30ClN5O2. The molecule has 186 valence electrons. The third kappa shape index (κ3) is 4.97. The van der Waals surface area contributed by atoms with Crippen molar-refractivity contribution in [3.63, 3.8) is 0 Å². The van der Waals surface area contributed by atoms with Gasteiger partial charge in [-0.3, -0.25) is 9.20 Å². The molecular weight excluding hydrogens is 474 g/mol. The van der Waals surface area contributed by atoms with Crippen molar-refractivity contribution in [1.82, 2.24) is 14.7 Å². The molecule has 1 aliphatic heterocycles. The zero-order chi connectivity index (χ0) is 25.1. The second-order valence-corrected chi connectivity index (χ2v) is 9.29. The third-order valence-electron chi connectivity index (χ3n) is 6.68. The van der Waals surface area contributed by atoms with Crippen molar-refractivity contribution in [1.29, 1.82) is 0 Å². The Labute approximate surface area is 216 Å². The highest BCUT2D eigenvalue weighted by Crippen LogP contribution is 2.23. The van der Waals surface area contributed by atoms with Gasteiger partial charge in [0.05, 0.1) is 19.0 Å². The van der Waals surface area contributed by atoms with E-state index in [0.29, 0.717) is 24.4 Å². The number of nitrogens with one attached hydrogen (secondary N) is 1. The van der Waals surface area contributed by atoms with E-state index < -0.39 is 0 Å². The van der Waals surface area contributed by atoms with Crippen LogP contribution in [0.2, 0.25) is 5.02 Å². The Hall–Kier alpha value is -3.71. The van der Waals surface area contributed by atoms with Gasteiger partial charge in [-0.1, -0.05) is 30.7 Å². The van der Waals surface area contributed by atoms with Crippen molar-refractivity contribution in [3.8, 4) is 5.75 Å². The second kappa shape index (κ2) is 10.5. The summed E-state index contributed by atoms with van der Waals surface area (Å²) in [6.45, 7) is 6.28. The molecule has 0 unspecified atom stereocenters. The minimum absolute atomic E-state index is 0.144. The Bertz CT molecular complexity index is 1340. The maximum absolute atomic E-state index is 13.1. The number of hydrogen-bond donors (Lipinski definition) is 1. The Kier molecular flexibility index (Phi) is 7.00. The van der Waals surface area contributed by atoms with Gasteiger partial charge in [-0.25, -0.2) is 4.98 Å². The topological polar surface area (TPSA) is 62.1 Å². The van der Waals surface area contributed by atoms with Crippen LogP contribution in [0.3, 0.4) is 0 Å². The number of imidazole rings is 1. The quantitative estimate of drug-likeness (QED) is 0.392. The predicted molar refractivity (Wildman–Crippen MR) is 145 cm³/mol. The maximum Gasteiger partial charge on any atom is 0.270 e. The molecule has 7 nitrogen and oxygen atoms in total. The number of nitrogens with zero attached hydrogens (tertiary/aromatic N) is 4. The predicted octanol–water partition coefficient (Wildman–Crippen LogP) is 4.82. The van der Waals surface area contributed by atoms with Crippen molar-refractivity contribution in [2.45, 2.75) is 19.9 Å². The summed E-state index contributed by atoms with van der Waals surface area (Å²) in [5.41, 5.74) is 5.52. The number of hydrogen-bond acceptors (Lipinski definition) is 5. The molecule has 2 aromatic heterocycles. The summed E-state index contributed by atoms with van der Waals surface area (Å²) < 4.78 is 7.14. The number of anilines is 2. The number of carbonyl (C=O) groups excluding carboxylic acids is 1. The Morgan fingerprint density at radius 1 is 0.944 bits per heavy atom. The smallest absolute Gasteiger partial charge is 0.270 e. The van der Waals surface area contributed by atoms with Crippen molar-refractivity contribution < 1.29 is 9.53 Å². The summed E-state index contributed by atoms with van der Waals surface area (Å²) in [5.74, 6) is 0.538. The van der Waals surface area contributed by atoms with Gasteiger partial charge in [0.15, 0.2) is 0 Å². The number of fused-ring (bicyclic) bond motifs is 1. The van der Waals surface area contributed by atoms with Crippen LogP contribution in [-0.2, 0) is 13.0 Å². The highest BCUT2D eigenvalue weighted by atomic mass is 35.5. The molecule has 2 aromatic carbocycles. The van der Waals surface area contributed by atoms with Crippen LogP contribution in [0.15, 0.2) is 66.9 Å². The number of ether oxygens (including phenoxy) is 1. The first-order chi connectivity index (χ1) is 17.6. The van der Waals surface area contributed by atoms with Crippen molar-refractivity contribution in [2.75, 3.05) is 43.1 Å². The number of methoxy groups -OCH3 is 1. The van der Waals surface area contributed by atoms with Crippen LogP contribution in [0.5, 0.6) is 5.75 Å². The van der Waals surface area contributed by atoms with Crippen LogP contribution in [0.25, 0.3) is 5.65 Å². The maximum atomic E-state index is 13.1. The average molecular weight is 504 g/mol. The number of pyridine rings is 1. The molecule has 1 aliphatic rings. The molecule has 0 aliphatic carbocycles. The molecule has 0 radical (unpaired) electrons. The largest absolute Gasteiger partial charge is 0.495 e. The summed E-state index contributed by atoms with van der Waals surface area (Å²) in [5, 5.41) is 3.82. The number of piperazine rings is 1. The summed E-state index contributed by atoms with van der Waals surface area (Å²) in [7, 11) is 1.61. The molecule has 1 saturated heterocycles. The van der Waals surface area contributed by atoms with E-state index in [1.807, 2.05) is 31.2 Å². The van der Waals surface area contributed by atoms with Gasteiger partial charge in [0, 0.05) is 49.1 Å². The van der Waals surface area contributed by atoms with Crippen LogP contribution in [-0.4, -0.2) is 48.6 Å². The number of halogens is 1. The van der Waals surface area contributed by atoms with Gasteiger partial charge in [-0.15, -0.1) is 0 Å². The number of benzene rings is 2. The number of aromatic nitrogens is 2. The molecule has 8 heteroatoms. The summed E-state index contributed by atoms with van der Waals surface area (Å²) >= 11 is 6.02.